The van der Waals surface area contributed by atoms with Gasteiger partial charge >= 0.3 is 0 Å². The van der Waals surface area contributed by atoms with Crippen molar-refractivity contribution >= 4 is 16.8 Å². The molecule has 3 heteroatoms. The van der Waals surface area contributed by atoms with Crippen LogP contribution in [0.2, 0.25) is 0 Å². The van der Waals surface area contributed by atoms with Gasteiger partial charge in [0, 0.05) is 41.3 Å². The summed E-state index contributed by atoms with van der Waals surface area (Å²) >= 11 is 0. The molecule has 1 aromatic carbocycles. The minimum absolute atomic E-state index is 0.0650. The zero-order chi connectivity index (χ0) is 18.1. The van der Waals surface area contributed by atoms with Crippen LogP contribution in [0, 0.1) is 0 Å². The van der Waals surface area contributed by atoms with Crippen LogP contribution in [0.1, 0.15) is 65.0 Å². The molecule has 2 atom stereocenters. The van der Waals surface area contributed by atoms with E-state index in [1.165, 1.54) is 41.3 Å². The summed E-state index contributed by atoms with van der Waals surface area (Å²) < 4.78 is 2.18. The zero-order valence-electron chi connectivity index (χ0n) is 16.2. The van der Waals surface area contributed by atoms with E-state index < -0.39 is 0 Å². The fourth-order valence-corrected chi connectivity index (χ4v) is 4.15. The van der Waals surface area contributed by atoms with E-state index in [0.29, 0.717) is 0 Å². The number of unbranched alkanes of at least 4 members (excludes halogenated alkanes) is 2. The molecule has 0 saturated heterocycles. The number of nitrogens with zero attached hydrogens (tertiary/aromatic N) is 2. The second-order valence-electron chi connectivity index (χ2n) is 7.48. The number of fused-ring (bicyclic) bond motifs is 1. The second-order valence-corrected chi connectivity index (χ2v) is 7.48. The Bertz CT molecular complexity index is 815. The Kier molecular flexibility index (Phi) is 5.03. The van der Waals surface area contributed by atoms with E-state index in [1.54, 1.807) is 0 Å². The predicted octanol–water partition coefficient (Wildman–Crippen LogP) is 5.37. The molecule has 1 aliphatic heterocycles. The van der Waals surface area contributed by atoms with Gasteiger partial charge < -0.3 is 9.47 Å². The lowest BCUT2D eigenvalue weighted by Crippen LogP contribution is -2.37. The summed E-state index contributed by atoms with van der Waals surface area (Å²) in [5.41, 5.74) is 4.59. The molecule has 2 aromatic rings. The summed E-state index contributed by atoms with van der Waals surface area (Å²) in [5.74, 6) is 0.208. The fraction of sp³-hybridized carbons (Fsp3) is 0.500. The molecule has 3 rings (SSSR count). The SMILES string of the molecule is CCCCCC(C)N1C(=O)C(C)=C(C)C1c1cn(C)c2ccccc12. The molecule has 1 aliphatic rings. The molecule has 0 N–H and O–H groups in total. The fourth-order valence-electron chi connectivity index (χ4n) is 4.15. The number of benzene rings is 1. The average molecular weight is 338 g/mol. The van der Waals surface area contributed by atoms with Crippen LogP contribution in [-0.4, -0.2) is 21.4 Å². The van der Waals surface area contributed by atoms with Gasteiger partial charge in [0.1, 0.15) is 0 Å². The molecule has 3 nitrogen and oxygen atoms in total. The van der Waals surface area contributed by atoms with Crippen molar-refractivity contribution < 1.29 is 4.79 Å². The topological polar surface area (TPSA) is 25.2 Å². The highest BCUT2D eigenvalue weighted by atomic mass is 16.2. The molecule has 0 bridgehead atoms. The van der Waals surface area contributed by atoms with E-state index in [-0.39, 0.29) is 18.0 Å². The molecule has 2 heterocycles. The minimum Gasteiger partial charge on any atom is -0.350 e. The first-order valence-corrected chi connectivity index (χ1v) is 9.51. The van der Waals surface area contributed by atoms with E-state index in [9.17, 15) is 4.79 Å². The molecule has 134 valence electrons. The van der Waals surface area contributed by atoms with Crippen LogP contribution in [-0.2, 0) is 11.8 Å². The lowest BCUT2D eigenvalue weighted by Gasteiger charge is -2.32. The lowest BCUT2D eigenvalue weighted by atomic mass is 9.97. The number of carbonyl (C=O) groups excluding carboxylic acids is 1. The van der Waals surface area contributed by atoms with Gasteiger partial charge in [-0.15, -0.1) is 0 Å². The number of hydrogen-bond acceptors (Lipinski definition) is 1. The van der Waals surface area contributed by atoms with Crippen molar-refractivity contribution in [3.63, 3.8) is 0 Å². The van der Waals surface area contributed by atoms with Crippen molar-refractivity contribution in [1.82, 2.24) is 9.47 Å². The molecule has 2 unspecified atom stereocenters. The first-order valence-electron chi connectivity index (χ1n) is 9.51. The summed E-state index contributed by atoms with van der Waals surface area (Å²) in [6, 6.07) is 8.81. The first kappa shape index (κ1) is 17.8. The average Bonchev–Trinajstić information content (AvgIpc) is 3.05. The van der Waals surface area contributed by atoms with Crippen molar-refractivity contribution in [1.29, 1.82) is 0 Å². The van der Waals surface area contributed by atoms with Crippen molar-refractivity contribution in [3.8, 4) is 0 Å². The molecule has 1 aromatic heterocycles. The van der Waals surface area contributed by atoms with E-state index >= 15 is 0 Å². The van der Waals surface area contributed by atoms with Gasteiger partial charge in [-0.1, -0.05) is 44.4 Å². The van der Waals surface area contributed by atoms with Crippen LogP contribution in [0.4, 0.5) is 0 Å². The predicted molar refractivity (Wildman–Crippen MR) is 104 cm³/mol. The van der Waals surface area contributed by atoms with Crippen molar-refractivity contribution in [3.05, 3.63) is 47.2 Å². The van der Waals surface area contributed by atoms with Crippen LogP contribution in [0.15, 0.2) is 41.6 Å². The summed E-state index contributed by atoms with van der Waals surface area (Å²) in [5, 5.41) is 1.25. The standard InChI is InChI=1S/C22H30N2O/c1-6-7-8-11-15(2)24-21(16(3)17(4)22(24)25)19-14-23(5)20-13-10-9-12-18(19)20/h9-10,12-15,21H,6-8,11H2,1-5H3. The molecule has 0 fully saturated rings. The van der Waals surface area contributed by atoms with Crippen LogP contribution < -0.4 is 0 Å². The van der Waals surface area contributed by atoms with Crippen LogP contribution in [0.5, 0.6) is 0 Å². The monoisotopic (exact) mass is 338 g/mol. The van der Waals surface area contributed by atoms with Crippen molar-refractivity contribution in [2.75, 3.05) is 0 Å². The Balaban J connectivity index is 2.02. The summed E-state index contributed by atoms with van der Waals surface area (Å²) in [7, 11) is 2.09. The highest BCUT2D eigenvalue weighted by Gasteiger charge is 2.39. The van der Waals surface area contributed by atoms with Gasteiger partial charge in [0.2, 0.25) is 0 Å². The molecule has 25 heavy (non-hydrogen) atoms. The number of rotatable bonds is 6. The van der Waals surface area contributed by atoms with Crippen molar-refractivity contribution in [2.24, 2.45) is 7.05 Å². The van der Waals surface area contributed by atoms with E-state index in [2.05, 4.69) is 67.7 Å². The van der Waals surface area contributed by atoms with Crippen molar-refractivity contribution in [2.45, 2.75) is 65.5 Å². The third-order valence-corrected chi connectivity index (χ3v) is 5.76. The van der Waals surface area contributed by atoms with Gasteiger partial charge in [-0.05, 0) is 38.8 Å². The number of para-hydroxylation sites is 1. The largest absolute Gasteiger partial charge is 0.350 e. The molecule has 0 aliphatic carbocycles. The summed E-state index contributed by atoms with van der Waals surface area (Å²) in [6.07, 6.45) is 6.90. The van der Waals surface area contributed by atoms with E-state index in [1.807, 2.05) is 6.92 Å². The minimum atomic E-state index is 0.0650. The van der Waals surface area contributed by atoms with Gasteiger partial charge in [0.25, 0.3) is 5.91 Å². The Morgan fingerprint density at radius 2 is 1.88 bits per heavy atom. The number of carbonyl (C=O) groups is 1. The third kappa shape index (κ3) is 3.01. The third-order valence-electron chi connectivity index (χ3n) is 5.76. The van der Waals surface area contributed by atoms with Crippen LogP contribution in [0.25, 0.3) is 10.9 Å². The highest BCUT2D eigenvalue weighted by molar-refractivity contribution is 5.98. The normalized spacial score (nSPS) is 19.3. The Morgan fingerprint density at radius 3 is 2.60 bits per heavy atom. The molecule has 0 spiro atoms. The summed E-state index contributed by atoms with van der Waals surface area (Å²) in [4.78, 5) is 15.1. The van der Waals surface area contributed by atoms with Gasteiger partial charge in [-0.25, -0.2) is 0 Å². The zero-order valence-corrected chi connectivity index (χ0v) is 16.2. The Hall–Kier alpha value is -2.03. The maximum Gasteiger partial charge on any atom is 0.250 e. The lowest BCUT2D eigenvalue weighted by molar-refractivity contribution is -0.129. The molecule has 0 saturated carbocycles. The first-order chi connectivity index (χ1) is 12.0. The van der Waals surface area contributed by atoms with Gasteiger partial charge in [-0.2, -0.15) is 0 Å². The smallest absolute Gasteiger partial charge is 0.250 e. The van der Waals surface area contributed by atoms with Gasteiger partial charge in [0.15, 0.2) is 0 Å². The number of aryl methyl sites for hydroxylation is 1. The summed E-state index contributed by atoms with van der Waals surface area (Å²) in [6.45, 7) is 8.53. The van der Waals surface area contributed by atoms with Crippen LogP contribution in [0.3, 0.4) is 0 Å². The number of hydrogen-bond donors (Lipinski definition) is 0. The number of amides is 1. The second kappa shape index (κ2) is 7.07. The molecule has 0 radical (unpaired) electrons. The maximum absolute atomic E-state index is 13.0. The van der Waals surface area contributed by atoms with Gasteiger partial charge in [0.05, 0.1) is 6.04 Å². The maximum atomic E-state index is 13.0. The van der Waals surface area contributed by atoms with Crippen LogP contribution >= 0.6 is 0 Å². The quantitative estimate of drug-likeness (QED) is 0.650. The van der Waals surface area contributed by atoms with E-state index in [4.69, 9.17) is 0 Å². The number of aromatic nitrogens is 1. The van der Waals surface area contributed by atoms with Gasteiger partial charge in [-0.3, -0.25) is 4.79 Å². The van der Waals surface area contributed by atoms with E-state index in [0.717, 1.165) is 12.0 Å². The Morgan fingerprint density at radius 1 is 1.16 bits per heavy atom. The highest BCUT2D eigenvalue weighted by Crippen LogP contribution is 2.42. The molecule has 1 amide bonds. The Labute approximate surface area is 151 Å². The molecular formula is C22H30N2O. The molecular weight excluding hydrogens is 308 g/mol.